The normalized spacial score (nSPS) is 7.53. The van der Waals surface area contributed by atoms with Crippen LogP contribution in [0.1, 0.15) is 10.4 Å². The van der Waals surface area contributed by atoms with E-state index in [9.17, 15) is 4.79 Å². The summed E-state index contributed by atoms with van der Waals surface area (Å²) in [5, 5.41) is 0. The first kappa shape index (κ1) is 17.7. The van der Waals surface area contributed by atoms with Crippen LogP contribution in [0.5, 0.6) is 0 Å². The largest absolute Gasteiger partial charge is 0.366 e. The third-order valence-electron chi connectivity index (χ3n) is 1.46. The second-order valence-electron chi connectivity index (χ2n) is 2.52. The van der Waals surface area contributed by atoms with Crippen LogP contribution in [0.15, 0.2) is 49.3 Å². The van der Waals surface area contributed by atoms with Crippen LogP contribution in [0.25, 0.3) is 0 Å². The lowest BCUT2D eigenvalue weighted by molar-refractivity contribution is 0.100. The number of nitrogens with two attached hydrogens (primary N) is 1. The molecule has 5 nitrogen and oxygen atoms in total. The molecular formula is C10H12Cl2N4O. The van der Waals surface area contributed by atoms with Crippen LogP contribution >= 0.6 is 24.8 Å². The number of halogens is 2. The van der Waals surface area contributed by atoms with Crippen LogP contribution in [0.4, 0.5) is 0 Å². The highest BCUT2D eigenvalue weighted by Crippen LogP contribution is 1.94. The van der Waals surface area contributed by atoms with Gasteiger partial charge in [0.15, 0.2) is 0 Å². The minimum Gasteiger partial charge on any atom is -0.366 e. The summed E-state index contributed by atoms with van der Waals surface area (Å²) in [4.78, 5) is 21.1. The summed E-state index contributed by atoms with van der Waals surface area (Å²) in [6, 6.07) is 8.76. The number of hydrogen-bond donors (Lipinski definition) is 1. The molecule has 2 rings (SSSR count). The summed E-state index contributed by atoms with van der Waals surface area (Å²) < 4.78 is 0. The van der Waals surface area contributed by atoms with Crippen molar-refractivity contribution < 1.29 is 4.79 Å². The first-order chi connectivity index (χ1) is 7.30. The molecule has 0 aliphatic rings. The number of nitrogens with zero attached hydrogens (tertiary/aromatic N) is 3. The summed E-state index contributed by atoms with van der Waals surface area (Å²) in [5.74, 6) is -0.379. The molecule has 0 bridgehead atoms. The van der Waals surface area contributed by atoms with Gasteiger partial charge < -0.3 is 5.73 Å². The number of carbonyl (C=O) groups excluding carboxylic acids is 1. The second kappa shape index (κ2) is 10.8. The Morgan fingerprint density at radius 1 is 0.882 bits per heavy atom. The zero-order chi connectivity index (χ0) is 10.9. The Morgan fingerprint density at radius 3 is 1.53 bits per heavy atom. The Bertz CT molecular complexity index is 373. The third kappa shape index (κ3) is 8.12. The molecule has 0 fully saturated rings. The molecule has 2 aromatic rings. The zero-order valence-electron chi connectivity index (χ0n) is 8.76. The van der Waals surface area contributed by atoms with Crippen LogP contribution in [0.2, 0.25) is 0 Å². The van der Waals surface area contributed by atoms with Crippen molar-refractivity contribution >= 4 is 30.7 Å². The van der Waals surface area contributed by atoms with Crippen molar-refractivity contribution in [2.45, 2.75) is 0 Å². The topological polar surface area (TPSA) is 81.8 Å². The van der Waals surface area contributed by atoms with Crippen LogP contribution in [0, 0.1) is 0 Å². The minimum atomic E-state index is -0.379. The maximum Gasteiger partial charge on any atom is 0.248 e. The lowest BCUT2D eigenvalue weighted by atomic mass is 10.2. The van der Waals surface area contributed by atoms with E-state index >= 15 is 0 Å². The van der Waals surface area contributed by atoms with E-state index in [0.717, 1.165) is 0 Å². The van der Waals surface area contributed by atoms with Crippen LogP contribution in [0.3, 0.4) is 0 Å². The molecule has 0 saturated carbocycles. The van der Waals surface area contributed by atoms with E-state index in [1.807, 2.05) is 6.07 Å². The van der Waals surface area contributed by atoms with E-state index in [1.165, 1.54) is 19.0 Å². The molecule has 7 heteroatoms. The second-order valence-corrected chi connectivity index (χ2v) is 2.52. The molecule has 0 aliphatic carbocycles. The van der Waals surface area contributed by atoms with Crippen molar-refractivity contribution in [2.24, 2.45) is 5.73 Å². The predicted molar refractivity (Wildman–Crippen MR) is 69.3 cm³/mol. The first-order valence-corrected chi connectivity index (χ1v) is 4.20. The fourth-order valence-corrected chi connectivity index (χ4v) is 0.807. The predicted octanol–water partition coefficient (Wildman–Crippen LogP) is 1.50. The highest BCUT2D eigenvalue weighted by atomic mass is 35.5. The number of amides is 1. The van der Waals surface area contributed by atoms with Crippen molar-refractivity contribution in [2.75, 3.05) is 0 Å². The maximum atomic E-state index is 10.4. The maximum absolute atomic E-state index is 10.4. The number of carbonyl (C=O) groups is 1. The van der Waals surface area contributed by atoms with E-state index in [4.69, 9.17) is 5.73 Å². The molecule has 1 amide bonds. The molecule has 0 atom stereocenters. The Morgan fingerprint density at radius 2 is 1.29 bits per heavy atom. The summed E-state index contributed by atoms with van der Waals surface area (Å²) in [6.45, 7) is 0. The fourth-order valence-electron chi connectivity index (χ4n) is 0.807. The van der Waals surface area contributed by atoms with Gasteiger partial charge in [0.2, 0.25) is 5.91 Å². The van der Waals surface area contributed by atoms with Crippen molar-refractivity contribution in [3.8, 4) is 0 Å². The number of primary amides is 1. The molecular weight excluding hydrogens is 263 g/mol. The van der Waals surface area contributed by atoms with Gasteiger partial charge in [0.05, 0.1) is 0 Å². The molecule has 17 heavy (non-hydrogen) atoms. The highest BCUT2D eigenvalue weighted by Gasteiger charge is 1.93. The van der Waals surface area contributed by atoms with Gasteiger partial charge in [-0.1, -0.05) is 18.2 Å². The monoisotopic (exact) mass is 274 g/mol. The Balaban J connectivity index is 0. The smallest absolute Gasteiger partial charge is 0.248 e. The molecule has 1 aromatic carbocycles. The van der Waals surface area contributed by atoms with Crippen molar-refractivity contribution in [3.63, 3.8) is 0 Å². The van der Waals surface area contributed by atoms with E-state index < -0.39 is 0 Å². The average molecular weight is 275 g/mol. The molecule has 0 saturated heterocycles. The summed E-state index contributed by atoms with van der Waals surface area (Å²) in [6.07, 6.45) is 4.31. The van der Waals surface area contributed by atoms with Gasteiger partial charge in [-0.3, -0.25) is 4.79 Å². The van der Waals surface area contributed by atoms with Gasteiger partial charge in [-0.05, 0) is 12.1 Å². The van der Waals surface area contributed by atoms with Gasteiger partial charge >= 0.3 is 0 Å². The van der Waals surface area contributed by atoms with E-state index in [1.54, 1.807) is 24.3 Å². The fraction of sp³-hybridized carbons (Fsp3) is 0. The van der Waals surface area contributed by atoms with Gasteiger partial charge in [-0.25, -0.2) is 15.0 Å². The molecule has 0 radical (unpaired) electrons. The van der Waals surface area contributed by atoms with Crippen LogP contribution < -0.4 is 5.73 Å². The molecule has 1 heterocycles. The van der Waals surface area contributed by atoms with Gasteiger partial charge in [0, 0.05) is 5.56 Å². The van der Waals surface area contributed by atoms with Crippen LogP contribution in [-0.4, -0.2) is 20.9 Å². The summed E-state index contributed by atoms with van der Waals surface area (Å²) in [7, 11) is 0. The number of rotatable bonds is 1. The lowest BCUT2D eigenvalue weighted by Gasteiger charge is -1.89. The van der Waals surface area contributed by atoms with Gasteiger partial charge in [-0.2, -0.15) is 0 Å². The highest BCUT2D eigenvalue weighted by molar-refractivity contribution is 5.92. The van der Waals surface area contributed by atoms with Gasteiger partial charge in [0.1, 0.15) is 19.0 Å². The molecule has 2 N–H and O–H groups in total. The van der Waals surface area contributed by atoms with E-state index in [0.29, 0.717) is 5.56 Å². The molecule has 0 spiro atoms. The van der Waals surface area contributed by atoms with Crippen molar-refractivity contribution in [1.82, 2.24) is 15.0 Å². The Kier molecular flexibility index (Phi) is 11.2. The van der Waals surface area contributed by atoms with Crippen molar-refractivity contribution in [1.29, 1.82) is 0 Å². The van der Waals surface area contributed by atoms with Crippen LogP contribution in [-0.2, 0) is 0 Å². The molecule has 0 aliphatic heterocycles. The quantitative estimate of drug-likeness (QED) is 0.855. The molecule has 0 unspecified atom stereocenters. The van der Waals surface area contributed by atoms with Crippen molar-refractivity contribution in [3.05, 3.63) is 54.9 Å². The third-order valence-corrected chi connectivity index (χ3v) is 1.46. The standard InChI is InChI=1S/C7H7NO.C3H3N3.2ClH/c8-7(9)6-4-2-1-3-5-6;1-4-2-6-3-5-1;;/h1-5H,(H2,8,9);1-3H;2*1H. The Hall–Kier alpha value is -1.72. The number of aromatic nitrogens is 3. The lowest BCUT2D eigenvalue weighted by Crippen LogP contribution is -2.09. The molecule has 1 aromatic heterocycles. The van der Waals surface area contributed by atoms with E-state index in [2.05, 4.69) is 15.0 Å². The van der Waals surface area contributed by atoms with Gasteiger partial charge in [-0.15, -0.1) is 24.8 Å². The Labute approximate surface area is 111 Å². The summed E-state index contributed by atoms with van der Waals surface area (Å²) >= 11 is 0. The SMILES string of the molecule is Cl.Cl.NC(=O)c1ccccc1.c1ncncn1. The van der Waals surface area contributed by atoms with E-state index in [-0.39, 0.29) is 30.7 Å². The number of benzene rings is 1. The summed E-state index contributed by atoms with van der Waals surface area (Å²) in [5.41, 5.74) is 5.53. The number of hydrogen-bond acceptors (Lipinski definition) is 4. The average Bonchev–Trinajstić information content (AvgIpc) is 2.33. The van der Waals surface area contributed by atoms with Gasteiger partial charge in [0.25, 0.3) is 0 Å². The molecule has 92 valence electrons. The zero-order valence-corrected chi connectivity index (χ0v) is 10.4. The first-order valence-electron chi connectivity index (χ1n) is 4.20. The minimum absolute atomic E-state index is 0.